The molecule has 0 heterocycles. The molecule has 0 fully saturated rings. The normalized spacial score (nSPS) is 12.8. The second kappa shape index (κ2) is 7.96. The summed E-state index contributed by atoms with van der Waals surface area (Å²) in [5.74, 6) is -0.285. The molecule has 24 heavy (non-hydrogen) atoms. The largest absolute Gasteiger partial charge is 0.378 e. The SMILES string of the molecule is CC[C@H](C)[NH2+]Cc1cc(Cl)ccc1OS(=O)(=O)c1ccc(F)cc1. The summed E-state index contributed by atoms with van der Waals surface area (Å²) in [5, 5.41) is 2.59. The highest BCUT2D eigenvalue weighted by Gasteiger charge is 2.19. The molecule has 0 saturated heterocycles. The minimum atomic E-state index is -4.03. The number of halogens is 2. The van der Waals surface area contributed by atoms with Gasteiger partial charge in [0, 0.05) is 5.02 Å². The summed E-state index contributed by atoms with van der Waals surface area (Å²) in [6.45, 7) is 4.71. The molecule has 0 radical (unpaired) electrons. The van der Waals surface area contributed by atoms with Crippen molar-refractivity contribution in [2.45, 2.75) is 37.8 Å². The predicted octanol–water partition coefficient (Wildman–Crippen LogP) is 3.11. The Balaban J connectivity index is 2.26. The third-order valence-electron chi connectivity index (χ3n) is 3.71. The van der Waals surface area contributed by atoms with Gasteiger partial charge in [0.05, 0.1) is 11.6 Å². The summed E-state index contributed by atoms with van der Waals surface area (Å²) in [6.07, 6.45) is 0.991. The molecule has 0 aliphatic rings. The highest BCUT2D eigenvalue weighted by molar-refractivity contribution is 7.87. The van der Waals surface area contributed by atoms with E-state index in [4.69, 9.17) is 15.8 Å². The molecule has 1 atom stereocenters. The van der Waals surface area contributed by atoms with Gasteiger partial charge in [-0.2, -0.15) is 8.42 Å². The summed E-state index contributed by atoms with van der Waals surface area (Å²) >= 11 is 6.01. The summed E-state index contributed by atoms with van der Waals surface area (Å²) in [5.41, 5.74) is 0.688. The van der Waals surface area contributed by atoms with Gasteiger partial charge in [-0.25, -0.2) is 4.39 Å². The summed E-state index contributed by atoms with van der Waals surface area (Å²) in [7, 11) is -4.03. The lowest BCUT2D eigenvalue weighted by atomic mass is 10.2. The van der Waals surface area contributed by atoms with Gasteiger partial charge in [0.15, 0.2) is 5.75 Å². The maximum Gasteiger partial charge on any atom is 0.339 e. The van der Waals surface area contributed by atoms with Crippen LogP contribution in [0.1, 0.15) is 25.8 Å². The number of hydrogen-bond donors (Lipinski definition) is 1. The second-order valence-electron chi connectivity index (χ2n) is 5.57. The van der Waals surface area contributed by atoms with Crippen molar-refractivity contribution in [1.29, 1.82) is 0 Å². The van der Waals surface area contributed by atoms with Gasteiger partial charge in [-0.05, 0) is 55.8 Å². The summed E-state index contributed by atoms with van der Waals surface area (Å²) in [4.78, 5) is -0.101. The first-order valence-corrected chi connectivity index (χ1v) is 9.42. The number of quaternary nitrogens is 1. The first-order valence-electron chi connectivity index (χ1n) is 7.63. The third-order valence-corrected chi connectivity index (χ3v) is 5.19. The van der Waals surface area contributed by atoms with Crippen LogP contribution in [0.4, 0.5) is 4.39 Å². The van der Waals surface area contributed by atoms with Crippen LogP contribution < -0.4 is 9.50 Å². The highest BCUT2D eigenvalue weighted by Crippen LogP contribution is 2.26. The van der Waals surface area contributed by atoms with Gasteiger partial charge >= 0.3 is 10.1 Å². The van der Waals surface area contributed by atoms with E-state index in [1.54, 1.807) is 12.1 Å². The Morgan fingerprint density at radius 3 is 2.50 bits per heavy atom. The van der Waals surface area contributed by atoms with E-state index in [1.807, 2.05) is 0 Å². The summed E-state index contributed by atoms with van der Waals surface area (Å²) in [6, 6.07) is 9.69. The second-order valence-corrected chi connectivity index (χ2v) is 7.55. The predicted molar refractivity (Wildman–Crippen MR) is 91.0 cm³/mol. The van der Waals surface area contributed by atoms with Crippen LogP contribution >= 0.6 is 11.6 Å². The number of hydrogen-bond acceptors (Lipinski definition) is 3. The number of nitrogens with two attached hydrogens (primary N) is 1. The number of rotatable bonds is 7. The zero-order chi connectivity index (χ0) is 17.7. The van der Waals surface area contributed by atoms with Crippen molar-refractivity contribution in [2.24, 2.45) is 0 Å². The lowest BCUT2D eigenvalue weighted by Gasteiger charge is -2.13. The molecule has 0 unspecified atom stereocenters. The van der Waals surface area contributed by atoms with Gasteiger partial charge in [-0.15, -0.1) is 0 Å². The Hall–Kier alpha value is -1.63. The standard InChI is InChI=1S/C17H19ClFNO3S/c1-3-12(2)20-11-13-10-14(18)4-9-17(13)23-24(21,22)16-7-5-15(19)6-8-16/h4-10,12,20H,3,11H2,1-2H3/p+1/t12-/m0/s1. The van der Waals surface area contributed by atoms with Crippen LogP contribution in [0.5, 0.6) is 5.75 Å². The zero-order valence-corrected chi connectivity index (χ0v) is 15.1. The Kier molecular flexibility index (Phi) is 6.21. The van der Waals surface area contributed by atoms with Crippen LogP contribution in [-0.2, 0) is 16.7 Å². The van der Waals surface area contributed by atoms with Crippen molar-refractivity contribution in [1.82, 2.24) is 0 Å². The average molecular weight is 373 g/mol. The van der Waals surface area contributed by atoms with Gasteiger partial charge in [-0.1, -0.05) is 18.5 Å². The van der Waals surface area contributed by atoms with Gasteiger partial charge in [0.1, 0.15) is 17.3 Å². The Bertz CT molecular complexity index is 794. The molecule has 7 heteroatoms. The van der Waals surface area contributed by atoms with Crippen LogP contribution in [-0.4, -0.2) is 14.5 Å². The van der Waals surface area contributed by atoms with Crippen molar-refractivity contribution in [3.8, 4) is 5.75 Å². The molecule has 0 amide bonds. The maximum atomic E-state index is 13.0. The van der Waals surface area contributed by atoms with E-state index in [2.05, 4.69) is 19.2 Å². The number of benzene rings is 2. The molecular weight excluding hydrogens is 353 g/mol. The first-order chi connectivity index (χ1) is 11.3. The van der Waals surface area contributed by atoms with E-state index in [-0.39, 0.29) is 10.6 Å². The van der Waals surface area contributed by atoms with E-state index in [0.717, 1.165) is 18.6 Å². The van der Waals surface area contributed by atoms with Crippen LogP contribution in [0.15, 0.2) is 47.4 Å². The van der Waals surface area contributed by atoms with Gasteiger partial charge in [0.25, 0.3) is 0 Å². The zero-order valence-electron chi connectivity index (χ0n) is 13.5. The van der Waals surface area contributed by atoms with Crippen LogP contribution in [0.25, 0.3) is 0 Å². The van der Waals surface area contributed by atoms with E-state index >= 15 is 0 Å². The molecule has 2 aromatic rings. The fraction of sp³-hybridized carbons (Fsp3) is 0.294. The minimum Gasteiger partial charge on any atom is -0.378 e. The topological polar surface area (TPSA) is 60.0 Å². The van der Waals surface area contributed by atoms with E-state index in [0.29, 0.717) is 23.2 Å². The van der Waals surface area contributed by atoms with Crippen molar-refractivity contribution >= 4 is 21.7 Å². The molecule has 130 valence electrons. The van der Waals surface area contributed by atoms with Crippen molar-refractivity contribution in [3.05, 3.63) is 58.9 Å². The molecule has 0 aliphatic heterocycles. The Labute approximate surface area is 146 Å². The molecule has 0 saturated carbocycles. The molecular formula is C17H20ClFNO3S+. The van der Waals surface area contributed by atoms with Gasteiger partial charge in [-0.3, -0.25) is 0 Å². The Morgan fingerprint density at radius 1 is 1.21 bits per heavy atom. The average Bonchev–Trinajstić information content (AvgIpc) is 2.55. The molecule has 0 aromatic heterocycles. The molecule has 2 aromatic carbocycles. The minimum absolute atomic E-state index is 0.101. The molecule has 0 spiro atoms. The van der Waals surface area contributed by atoms with Crippen molar-refractivity contribution < 1.29 is 22.3 Å². The lowest BCUT2D eigenvalue weighted by Crippen LogP contribution is -2.87. The molecule has 0 bridgehead atoms. The molecule has 4 nitrogen and oxygen atoms in total. The monoisotopic (exact) mass is 372 g/mol. The van der Waals surface area contributed by atoms with Crippen LogP contribution in [0.2, 0.25) is 5.02 Å². The van der Waals surface area contributed by atoms with Crippen molar-refractivity contribution in [3.63, 3.8) is 0 Å². The van der Waals surface area contributed by atoms with Crippen molar-refractivity contribution in [2.75, 3.05) is 0 Å². The maximum absolute atomic E-state index is 13.0. The molecule has 2 N–H and O–H groups in total. The van der Waals surface area contributed by atoms with E-state index in [9.17, 15) is 12.8 Å². The smallest absolute Gasteiger partial charge is 0.339 e. The van der Waals surface area contributed by atoms with E-state index < -0.39 is 15.9 Å². The van der Waals surface area contributed by atoms with Gasteiger partial charge in [0.2, 0.25) is 0 Å². The molecule has 0 aliphatic carbocycles. The van der Waals surface area contributed by atoms with Gasteiger partial charge < -0.3 is 9.50 Å². The molecule has 2 rings (SSSR count). The van der Waals surface area contributed by atoms with Crippen LogP contribution in [0, 0.1) is 5.82 Å². The quantitative estimate of drug-likeness (QED) is 0.760. The Morgan fingerprint density at radius 2 is 1.88 bits per heavy atom. The van der Waals surface area contributed by atoms with E-state index in [1.165, 1.54) is 18.2 Å². The first kappa shape index (κ1) is 18.7. The van der Waals surface area contributed by atoms with Crippen LogP contribution in [0.3, 0.4) is 0 Å². The fourth-order valence-electron chi connectivity index (χ4n) is 2.05. The third kappa shape index (κ3) is 4.93. The lowest BCUT2D eigenvalue weighted by molar-refractivity contribution is -0.701. The summed E-state index contributed by atoms with van der Waals surface area (Å²) < 4.78 is 42.9. The highest BCUT2D eigenvalue weighted by atomic mass is 35.5. The fourth-order valence-corrected chi connectivity index (χ4v) is 3.21.